The van der Waals surface area contributed by atoms with Gasteiger partial charge in [-0.05, 0) is 38.1 Å². The molecule has 1 N–H and O–H groups in total. The van der Waals surface area contributed by atoms with Gasteiger partial charge >= 0.3 is 0 Å². The zero-order chi connectivity index (χ0) is 23.7. The third-order valence-corrected chi connectivity index (χ3v) is 6.65. The molecule has 9 nitrogen and oxygen atoms in total. The molecular formula is C24H27ClN6O3. The smallest absolute Gasteiger partial charge is 0.293 e. The number of nitrogens with one attached hydrogen (secondary N) is 1. The number of imidazole rings is 1. The summed E-state index contributed by atoms with van der Waals surface area (Å²) in [5.41, 5.74) is 3.43. The van der Waals surface area contributed by atoms with E-state index in [4.69, 9.17) is 20.8 Å². The zero-order valence-electron chi connectivity index (χ0n) is 19.3. The summed E-state index contributed by atoms with van der Waals surface area (Å²) in [6, 6.07) is 11.3. The molecule has 4 aromatic rings. The Morgan fingerprint density at radius 2 is 1.91 bits per heavy atom. The number of aryl methyl sites for hydroxylation is 1. The highest BCUT2D eigenvalue weighted by Gasteiger charge is 2.19. The van der Waals surface area contributed by atoms with Crippen molar-refractivity contribution >= 4 is 34.5 Å². The number of fused-ring (bicyclic) bond motifs is 1. The van der Waals surface area contributed by atoms with Crippen LogP contribution in [0.25, 0.3) is 11.0 Å². The standard InChI is InChI=1S/C24H27ClN6O3/c1-16-22(25)17(2)31(28-16)15-18-7-8-21(34-18)23(32)27-24-26-19-5-3-4-6-20(19)30(24)10-9-29-11-13-33-14-12-29/h3-8H,9-15H2,1-2H3,(H,26,27,32). The van der Waals surface area contributed by atoms with E-state index in [1.807, 2.05) is 42.7 Å². The van der Waals surface area contributed by atoms with Gasteiger partial charge in [0.25, 0.3) is 5.91 Å². The van der Waals surface area contributed by atoms with Crippen molar-refractivity contribution in [3.8, 4) is 0 Å². The molecule has 1 fully saturated rings. The van der Waals surface area contributed by atoms with Crippen LogP contribution in [0, 0.1) is 13.8 Å². The molecule has 1 aromatic carbocycles. The van der Waals surface area contributed by atoms with E-state index in [1.165, 1.54) is 0 Å². The Morgan fingerprint density at radius 1 is 1.12 bits per heavy atom. The summed E-state index contributed by atoms with van der Waals surface area (Å²) in [6.45, 7) is 9.02. The summed E-state index contributed by atoms with van der Waals surface area (Å²) in [6.07, 6.45) is 0. The average molecular weight is 483 g/mol. The molecule has 4 heterocycles. The normalized spacial score (nSPS) is 14.7. The third kappa shape index (κ3) is 4.59. The minimum Gasteiger partial charge on any atom is -0.454 e. The fourth-order valence-corrected chi connectivity index (χ4v) is 4.32. The monoisotopic (exact) mass is 482 g/mol. The molecule has 1 aliphatic rings. The molecule has 0 radical (unpaired) electrons. The van der Waals surface area contributed by atoms with Gasteiger partial charge in [0.2, 0.25) is 5.95 Å². The first kappa shape index (κ1) is 22.6. The van der Waals surface area contributed by atoms with Crippen LogP contribution in [0.1, 0.15) is 27.7 Å². The molecular weight excluding hydrogens is 456 g/mol. The lowest BCUT2D eigenvalue weighted by Crippen LogP contribution is -2.38. The number of amides is 1. The van der Waals surface area contributed by atoms with Gasteiger partial charge in [-0.25, -0.2) is 4.98 Å². The highest BCUT2D eigenvalue weighted by molar-refractivity contribution is 6.31. The molecule has 1 aliphatic heterocycles. The summed E-state index contributed by atoms with van der Waals surface area (Å²) in [5.74, 6) is 0.992. The number of ether oxygens (including phenoxy) is 1. The summed E-state index contributed by atoms with van der Waals surface area (Å²) in [5, 5.41) is 8.00. The number of morpholine rings is 1. The number of para-hydroxylation sites is 2. The third-order valence-electron chi connectivity index (χ3n) is 6.11. The molecule has 0 unspecified atom stereocenters. The number of halogens is 1. The SMILES string of the molecule is Cc1nn(Cc2ccc(C(=O)Nc3nc4ccccc4n3CCN3CCOCC3)o2)c(C)c1Cl. The van der Waals surface area contributed by atoms with Crippen molar-refractivity contribution in [3.63, 3.8) is 0 Å². The molecule has 178 valence electrons. The van der Waals surface area contributed by atoms with Crippen LogP contribution < -0.4 is 5.32 Å². The number of rotatable bonds is 7. The lowest BCUT2D eigenvalue weighted by atomic mass is 10.3. The van der Waals surface area contributed by atoms with Crippen molar-refractivity contribution < 1.29 is 13.9 Å². The summed E-state index contributed by atoms with van der Waals surface area (Å²) in [7, 11) is 0. The first-order chi connectivity index (χ1) is 16.5. The molecule has 5 rings (SSSR count). The quantitative estimate of drug-likeness (QED) is 0.431. The van der Waals surface area contributed by atoms with Gasteiger partial charge in [-0.3, -0.25) is 19.7 Å². The molecule has 0 atom stereocenters. The van der Waals surface area contributed by atoms with Crippen molar-refractivity contribution in [2.45, 2.75) is 26.9 Å². The van der Waals surface area contributed by atoms with Gasteiger partial charge in [-0.15, -0.1) is 0 Å². The van der Waals surface area contributed by atoms with E-state index in [9.17, 15) is 4.79 Å². The van der Waals surface area contributed by atoms with Crippen LogP contribution in [-0.4, -0.2) is 63.0 Å². The largest absolute Gasteiger partial charge is 0.454 e. The van der Waals surface area contributed by atoms with Crippen LogP contribution >= 0.6 is 11.6 Å². The molecule has 0 saturated carbocycles. The number of hydrogen-bond donors (Lipinski definition) is 1. The van der Waals surface area contributed by atoms with E-state index in [0.29, 0.717) is 29.8 Å². The van der Waals surface area contributed by atoms with Gasteiger partial charge in [0, 0.05) is 26.2 Å². The van der Waals surface area contributed by atoms with Crippen LogP contribution in [0.15, 0.2) is 40.8 Å². The second-order valence-electron chi connectivity index (χ2n) is 8.39. The molecule has 1 amide bonds. The van der Waals surface area contributed by atoms with Crippen LogP contribution in [-0.2, 0) is 17.8 Å². The minimum atomic E-state index is -0.347. The van der Waals surface area contributed by atoms with Crippen LogP contribution in [0.2, 0.25) is 5.02 Å². The lowest BCUT2D eigenvalue weighted by molar-refractivity contribution is 0.0366. The Balaban J connectivity index is 1.32. The van der Waals surface area contributed by atoms with Crippen LogP contribution in [0.4, 0.5) is 5.95 Å². The molecule has 0 aliphatic carbocycles. The molecule has 3 aromatic heterocycles. The molecule has 10 heteroatoms. The van der Waals surface area contributed by atoms with Crippen molar-refractivity contribution in [2.75, 3.05) is 38.2 Å². The fourth-order valence-electron chi connectivity index (χ4n) is 4.19. The predicted octanol–water partition coefficient (Wildman–Crippen LogP) is 3.73. The number of furan rings is 1. The van der Waals surface area contributed by atoms with Crippen LogP contribution in [0.5, 0.6) is 0 Å². The number of carbonyl (C=O) groups is 1. The lowest BCUT2D eigenvalue weighted by Gasteiger charge is -2.26. The fraction of sp³-hybridized carbons (Fsp3) is 0.375. The summed E-state index contributed by atoms with van der Waals surface area (Å²) >= 11 is 6.24. The first-order valence-corrected chi connectivity index (χ1v) is 11.7. The number of carbonyl (C=O) groups excluding carboxylic acids is 1. The highest BCUT2D eigenvalue weighted by Crippen LogP contribution is 2.22. The summed E-state index contributed by atoms with van der Waals surface area (Å²) < 4.78 is 15.1. The minimum absolute atomic E-state index is 0.217. The Bertz CT molecular complexity index is 1320. The maximum Gasteiger partial charge on any atom is 0.293 e. The van der Waals surface area contributed by atoms with Crippen LogP contribution in [0.3, 0.4) is 0 Å². The number of benzene rings is 1. The van der Waals surface area contributed by atoms with Gasteiger partial charge in [0.15, 0.2) is 5.76 Å². The predicted molar refractivity (Wildman–Crippen MR) is 129 cm³/mol. The number of aromatic nitrogens is 4. The van der Waals surface area contributed by atoms with Crippen molar-refractivity contribution in [3.05, 3.63) is 64.3 Å². The maximum atomic E-state index is 13.0. The number of nitrogens with zero attached hydrogens (tertiary/aromatic N) is 5. The maximum absolute atomic E-state index is 13.0. The van der Waals surface area contributed by atoms with E-state index < -0.39 is 0 Å². The van der Waals surface area contributed by atoms with E-state index in [2.05, 4.69) is 20.3 Å². The zero-order valence-corrected chi connectivity index (χ0v) is 20.0. The highest BCUT2D eigenvalue weighted by atomic mass is 35.5. The average Bonchev–Trinajstić information content (AvgIpc) is 3.52. The van der Waals surface area contributed by atoms with Gasteiger partial charge < -0.3 is 13.7 Å². The Labute approximate surface area is 202 Å². The Morgan fingerprint density at radius 3 is 2.68 bits per heavy atom. The van der Waals surface area contributed by atoms with Crippen molar-refractivity contribution in [1.29, 1.82) is 0 Å². The van der Waals surface area contributed by atoms with Gasteiger partial charge in [0.1, 0.15) is 5.76 Å². The summed E-state index contributed by atoms with van der Waals surface area (Å²) in [4.78, 5) is 20.0. The molecule has 0 bridgehead atoms. The number of hydrogen-bond acceptors (Lipinski definition) is 6. The Hall–Kier alpha value is -3.14. The van der Waals surface area contributed by atoms with Crippen molar-refractivity contribution in [1.82, 2.24) is 24.2 Å². The van der Waals surface area contributed by atoms with Crippen molar-refractivity contribution in [2.24, 2.45) is 0 Å². The van der Waals surface area contributed by atoms with E-state index in [-0.39, 0.29) is 11.7 Å². The van der Waals surface area contributed by atoms with E-state index in [1.54, 1.807) is 16.8 Å². The van der Waals surface area contributed by atoms with Gasteiger partial charge in [0.05, 0.1) is 47.2 Å². The topological polar surface area (TPSA) is 90.4 Å². The van der Waals surface area contributed by atoms with E-state index >= 15 is 0 Å². The van der Waals surface area contributed by atoms with Gasteiger partial charge in [-0.1, -0.05) is 23.7 Å². The molecule has 0 spiro atoms. The molecule has 1 saturated heterocycles. The number of anilines is 1. The van der Waals surface area contributed by atoms with E-state index in [0.717, 1.165) is 55.3 Å². The molecule has 34 heavy (non-hydrogen) atoms. The first-order valence-electron chi connectivity index (χ1n) is 11.3. The second-order valence-corrected chi connectivity index (χ2v) is 8.77. The van der Waals surface area contributed by atoms with Gasteiger partial charge in [-0.2, -0.15) is 5.10 Å². The Kier molecular flexibility index (Phi) is 6.40. The second kappa shape index (κ2) is 9.61.